The summed E-state index contributed by atoms with van der Waals surface area (Å²) < 4.78 is 56.1. The van der Waals surface area contributed by atoms with Crippen molar-refractivity contribution in [2.45, 2.75) is 11.3 Å². The number of nitrogens with zero attached hydrogens (tertiary/aromatic N) is 2. The summed E-state index contributed by atoms with van der Waals surface area (Å²) in [6.45, 7) is 0.0940. The van der Waals surface area contributed by atoms with Crippen LogP contribution >= 0.6 is 0 Å². The highest BCUT2D eigenvalue weighted by Gasteiger charge is 2.21. The van der Waals surface area contributed by atoms with Crippen LogP contribution < -0.4 is 9.88 Å². The van der Waals surface area contributed by atoms with Gasteiger partial charge in [0, 0.05) is 19.7 Å². The van der Waals surface area contributed by atoms with Gasteiger partial charge in [0.1, 0.15) is 4.90 Å². The summed E-state index contributed by atoms with van der Waals surface area (Å²) >= 11 is 0. The quantitative estimate of drug-likeness (QED) is 0.890. The number of halogens is 2. The minimum atomic E-state index is -4.32. The first-order valence-electron chi connectivity index (χ1n) is 5.90. The van der Waals surface area contributed by atoms with Crippen molar-refractivity contribution in [2.75, 3.05) is 6.61 Å². The monoisotopic (exact) mass is 317 g/mol. The molecular formula is C12H13F2N3O3S. The zero-order valence-electron chi connectivity index (χ0n) is 11.1. The molecule has 0 spiro atoms. The molecule has 0 aliphatic rings. The maximum Gasteiger partial charge on any atom is 0.241 e. The Labute approximate surface area is 120 Å². The molecule has 0 unspecified atom stereocenters. The van der Waals surface area contributed by atoms with E-state index in [4.69, 9.17) is 9.88 Å². The van der Waals surface area contributed by atoms with Gasteiger partial charge in [0.15, 0.2) is 11.6 Å². The normalized spacial score (nSPS) is 11.6. The van der Waals surface area contributed by atoms with Crippen molar-refractivity contribution in [1.82, 2.24) is 9.78 Å². The van der Waals surface area contributed by atoms with Crippen LogP contribution in [0.25, 0.3) is 0 Å². The van der Waals surface area contributed by atoms with E-state index in [1.54, 1.807) is 24.1 Å². The second-order valence-electron chi connectivity index (χ2n) is 4.36. The molecule has 0 aliphatic carbocycles. The fourth-order valence-corrected chi connectivity index (χ4v) is 2.32. The van der Waals surface area contributed by atoms with Crippen LogP contribution in [-0.4, -0.2) is 24.8 Å². The third kappa shape index (κ3) is 3.56. The van der Waals surface area contributed by atoms with E-state index in [-0.39, 0.29) is 12.4 Å². The van der Waals surface area contributed by atoms with Crippen LogP contribution in [0.2, 0.25) is 0 Å². The molecule has 2 N–H and O–H groups in total. The van der Waals surface area contributed by atoms with Crippen LogP contribution in [-0.2, 0) is 23.5 Å². The zero-order valence-corrected chi connectivity index (χ0v) is 11.9. The van der Waals surface area contributed by atoms with Crippen molar-refractivity contribution >= 4 is 10.0 Å². The fraction of sp³-hybridized carbons (Fsp3) is 0.250. The van der Waals surface area contributed by atoms with Gasteiger partial charge in [-0.25, -0.2) is 17.9 Å². The molecule has 1 aromatic heterocycles. The average Bonchev–Trinajstić information content (AvgIpc) is 2.79. The summed E-state index contributed by atoms with van der Waals surface area (Å²) in [7, 11) is -2.56. The van der Waals surface area contributed by atoms with Crippen molar-refractivity contribution in [3.05, 3.63) is 41.7 Å². The number of benzene rings is 1. The lowest BCUT2D eigenvalue weighted by atomic mass is 10.3. The van der Waals surface area contributed by atoms with Crippen molar-refractivity contribution < 1.29 is 21.9 Å². The van der Waals surface area contributed by atoms with Crippen LogP contribution in [0, 0.1) is 11.6 Å². The summed E-state index contributed by atoms with van der Waals surface area (Å²) in [4.78, 5) is -0.903. The van der Waals surface area contributed by atoms with E-state index in [1.807, 2.05) is 0 Å². The van der Waals surface area contributed by atoms with Gasteiger partial charge >= 0.3 is 0 Å². The minimum absolute atomic E-state index is 0.0940. The number of sulfonamides is 1. The first-order chi connectivity index (χ1) is 9.79. The summed E-state index contributed by atoms with van der Waals surface area (Å²) in [5.74, 6) is -3.30. The van der Waals surface area contributed by atoms with Crippen LogP contribution in [0.3, 0.4) is 0 Å². The average molecular weight is 317 g/mol. The Kier molecular flexibility index (Phi) is 4.24. The van der Waals surface area contributed by atoms with Crippen LogP contribution in [0.15, 0.2) is 29.4 Å². The maximum atomic E-state index is 13.7. The molecule has 2 rings (SSSR count). The van der Waals surface area contributed by atoms with Gasteiger partial charge < -0.3 is 4.74 Å². The summed E-state index contributed by atoms with van der Waals surface area (Å²) in [5.41, 5.74) is 0.875. The number of ether oxygens (including phenoxy) is 1. The molecule has 6 nitrogen and oxygen atoms in total. The summed E-state index contributed by atoms with van der Waals surface area (Å²) in [6.07, 6.45) is 3.85. The number of nitrogens with two attached hydrogens (primary N) is 1. The van der Waals surface area contributed by atoms with Gasteiger partial charge in [0.2, 0.25) is 15.8 Å². The molecule has 9 heteroatoms. The fourth-order valence-electron chi connectivity index (χ4n) is 1.73. The molecule has 114 valence electrons. The number of hydrogen-bond acceptors (Lipinski definition) is 4. The zero-order chi connectivity index (χ0) is 15.6. The molecular weight excluding hydrogens is 304 g/mol. The molecule has 2 aromatic rings. The van der Waals surface area contributed by atoms with Gasteiger partial charge in [-0.05, 0) is 17.7 Å². The Morgan fingerprint density at radius 3 is 2.62 bits per heavy atom. The Hall–Kier alpha value is -2.00. The van der Waals surface area contributed by atoms with E-state index in [9.17, 15) is 17.2 Å². The van der Waals surface area contributed by atoms with Gasteiger partial charge in [-0.1, -0.05) is 0 Å². The molecule has 0 saturated heterocycles. The highest BCUT2D eigenvalue weighted by atomic mass is 32.2. The number of primary sulfonamides is 1. The minimum Gasteiger partial charge on any atom is -0.490 e. The van der Waals surface area contributed by atoms with Gasteiger partial charge in [-0.15, -0.1) is 0 Å². The van der Waals surface area contributed by atoms with Crippen molar-refractivity contribution in [1.29, 1.82) is 0 Å². The third-order valence-corrected chi connectivity index (χ3v) is 3.65. The third-order valence-electron chi connectivity index (χ3n) is 2.72. The molecule has 0 bridgehead atoms. The van der Waals surface area contributed by atoms with E-state index in [2.05, 4.69) is 5.10 Å². The molecule has 1 heterocycles. The molecule has 0 amide bonds. The van der Waals surface area contributed by atoms with Gasteiger partial charge in [-0.3, -0.25) is 4.68 Å². The SMILES string of the molecule is Cn1cc(CCOc2ccc(S(N)(=O)=O)c(F)c2F)cn1. The van der Waals surface area contributed by atoms with Crippen molar-refractivity contribution in [3.8, 4) is 5.75 Å². The van der Waals surface area contributed by atoms with Crippen LogP contribution in [0.1, 0.15) is 5.56 Å². The number of aryl methyl sites for hydroxylation is 1. The molecule has 0 saturated carbocycles. The first kappa shape index (κ1) is 15.4. The van der Waals surface area contributed by atoms with Crippen molar-refractivity contribution in [3.63, 3.8) is 0 Å². The lowest BCUT2D eigenvalue weighted by Crippen LogP contribution is -2.15. The largest absolute Gasteiger partial charge is 0.490 e. The molecule has 1 aromatic carbocycles. The number of aromatic nitrogens is 2. The lowest BCUT2D eigenvalue weighted by Gasteiger charge is -2.09. The van der Waals surface area contributed by atoms with Crippen LogP contribution in [0.4, 0.5) is 8.78 Å². The Morgan fingerprint density at radius 1 is 1.33 bits per heavy atom. The number of hydrogen-bond donors (Lipinski definition) is 1. The predicted octanol–water partition coefficient (Wildman–Crippen LogP) is 0.967. The summed E-state index contributed by atoms with van der Waals surface area (Å²) in [5, 5.41) is 8.73. The molecule has 0 fully saturated rings. The predicted molar refractivity (Wildman–Crippen MR) is 70.1 cm³/mol. The molecule has 0 aliphatic heterocycles. The smallest absolute Gasteiger partial charge is 0.241 e. The Morgan fingerprint density at radius 2 is 2.05 bits per heavy atom. The Bertz CT molecular complexity index is 759. The van der Waals surface area contributed by atoms with E-state index in [0.29, 0.717) is 6.42 Å². The standard InChI is InChI=1S/C12H13F2N3O3S/c1-17-7-8(6-16-17)4-5-20-9-2-3-10(21(15,18)19)12(14)11(9)13/h2-3,6-7H,4-5H2,1H3,(H2,15,18,19). The topological polar surface area (TPSA) is 87.2 Å². The van der Waals surface area contributed by atoms with Gasteiger partial charge in [0.05, 0.1) is 12.8 Å². The molecule has 0 radical (unpaired) electrons. The van der Waals surface area contributed by atoms with Crippen LogP contribution in [0.5, 0.6) is 5.75 Å². The van der Waals surface area contributed by atoms with Gasteiger partial charge in [-0.2, -0.15) is 9.49 Å². The van der Waals surface area contributed by atoms with Crippen molar-refractivity contribution in [2.24, 2.45) is 12.2 Å². The second kappa shape index (κ2) is 5.78. The first-order valence-corrected chi connectivity index (χ1v) is 7.45. The van der Waals surface area contributed by atoms with E-state index >= 15 is 0 Å². The summed E-state index contributed by atoms with van der Waals surface area (Å²) in [6, 6.07) is 1.90. The Balaban J connectivity index is 2.09. The van der Waals surface area contributed by atoms with E-state index in [0.717, 1.165) is 17.7 Å². The maximum absolute atomic E-state index is 13.7. The van der Waals surface area contributed by atoms with E-state index in [1.165, 1.54) is 0 Å². The lowest BCUT2D eigenvalue weighted by molar-refractivity contribution is 0.297. The van der Waals surface area contributed by atoms with Gasteiger partial charge in [0.25, 0.3) is 0 Å². The second-order valence-corrected chi connectivity index (χ2v) is 5.89. The molecule has 0 atom stereocenters. The number of rotatable bonds is 5. The highest BCUT2D eigenvalue weighted by molar-refractivity contribution is 7.89. The highest BCUT2D eigenvalue weighted by Crippen LogP contribution is 2.25. The molecule has 21 heavy (non-hydrogen) atoms. The van der Waals surface area contributed by atoms with E-state index < -0.39 is 26.6 Å².